The maximum atomic E-state index is 13.1. The number of esters is 2. The third-order valence-corrected chi connectivity index (χ3v) is 6.11. The van der Waals surface area contributed by atoms with Gasteiger partial charge in [-0.25, -0.2) is 0 Å². The van der Waals surface area contributed by atoms with Crippen molar-refractivity contribution >= 4 is 33.5 Å². The number of carbonyl (C=O) groups is 2. The first-order valence-electron chi connectivity index (χ1n) is 8.52. The van der Waals surface area contributed by atoms with Crippen molar-refractivity contribution in [1.82, 2.24) is 0 Å². The van der Waals surface area contributed by atoms with Crippen LogP contribution in [0.1, 0.15) is 11.1 Å². The van der Waals surface area contributed by atoms with Crippen LogP contribution < -0.4 is 0 Å². The molecule has 0 saturated carbocycles. The van der Waals surface area contributed by atoms with Crippen LogP contribution in [0.25, 0.3) is 21.5 Å². The minimum Gasteiger partial charge on any atom is -0.461 e. The second kappa shape index (κ2) is 4.20. The second-order valence-corrected chi connectivity index (χ2v) is 7.14. The third-order valence-electron chi connectivity index (χ3n) is 6.11. The fraction of sp³-hybridized carbons (Fsp3) is 0.238. The molecule has 4 heteroatoms. The Morgan fingerprint density at radius 2 is 1.48 bits per heavy atom. The van der Waals surface area contributed by atoms with Crippen molar-refractivity contribution in [3.8, 4) is 0 Å². The molecule has 0 radical (unpaired) electrons. The smallest absolute Gasteiger partial charge is 0.318 e. The Hall–Kier alpha value is -2.88. The summed E-state index contributed by atoms with van der Waals surface area (Å²) >= 11 is 0. The molecule has 3 atom stereocenters. The average Bonchev–Trinajstić information content (AvgIpc) is 3.14. The maximum absolute atomic E-state index is 13.1. The molecule has 4 aliphatic rings. The molecule has 2 heterocycles. The lowest BCUT2D eigenvalue weighted by Gasteiger charge is -2.38. The first kappa shape index (κ1) is 13.4. The van der Waals surface area contributed by atoms with E-state index in [-0.39, 0.29) is 18.5 Å². The molecule has 122 valence electrons. The zero-order chi connectivity index (χ0) is 16.8. The monoisotopic (exact) mass is 330 g/mol. The molecule has 4 nitrogen and oxygen atoms in total. The topological polar surface area (TPSA) is 52.6 Å². The molecule has 2 fully saturated rings. The highest BCUT2D eigenvalue weighted by molar-refractivity contribution is 6.14. The molecule has 2 aliphatic heterocycles. The second-order valence-electron chi connectivity index (χ2n) is 7.14. The van der Waals surface area contributed by atoms with Crippen molar-refractivity contribution in [2.24, 2.45) is 5.92 Å². The number of fused-ring (bicyclic) bond motifs is 1. The van der Waals surface area contributed by atoms with Crippen molar-refractivity contribution in [3.63, 3.8) is 0 Å². The van der Waals surface area contributed by atoms with E-state index in [2.05, 4.69) is 12.1 Å². The fourth-order valence-corrected chi connectivity index (χ4v) is 5.19. The van der Waals surface area contributed by atoms with E-state index in [0.29, 0.717) is 6.42 Å². The number of ether oxygens (including phenoxy) is 2. The van der Waals surface area contributed by atoms with Crippen LogP contribution in [0, 0.1) is 5.92 Å². The quantitative estimate of drug-likeness (QED) is 0.470. The van der Waals surface area contributed by atoms with Gasteiger partial charge in [-0.3, -0.25) is 9.59 Å². The maximum Gasteiger partial charge on any atom is 0.318 e. The summed E-state index contributed by atoms with van der Waals surface area (Å²) in [6.07, 6.45) is 0.0395. The molecular formula is C21H14O4. The Bertz CT molecular complexity index is 1060. The first-order chi connectivity index (χ1) is 12.2. The lowest BCUT2D eigenvalue weighted by atomic mass is 9.60. The van der Waals surface area contributed by atoms with E-state index in [4.69, 9.17) is 9.47 Å². The molecule has 7 rings (SSSR count). The predicted molar refractivity (Wildman–Crippen MR) is 91.2 cm³/mol. The molecule has 2 saturated heterocycles. The van der Waals surface area contributed by atoms with Crippen LogP contribution in [0.2, 0.25) is 0 Å². The number of benzene rings is 3. The number of carbonyl (C=O) groups excluding carboxylic acids is 2. The van der Waals surface area contributed by atoms with E-state index in [1.807, 2.05) is 36.4 Å². The van der Waals surface area contributed by atoms with Crippen molar-refractivity contribution in [2.45, 2.75) is 17.9 Å². The molecular weight excluding hydrogens is 316 g/mol. The average molecular weight is 330 g/mol. The van der Waals surface area contributed by atoms with Gasteiger partial charge in [0.15, 0.2) is 6.10 Å². The van der Waals surface area contributed by atoms with Gasteiger partial charge in [0.2, 0.25) is 0 Å². The van der Waals surface area contributed by atoms with Gasteiger partial charge in [-0.2, -0.15) is 0 Å². The molecule has 1 spiro atoms. The van der Waals surface area contributed by atoms with Crippen molar-refractivity contribution < 1.29 is 19.1 Å². The summed E-state index contributed by atoms with van der Waals surface area (Å²) in [6, 6.07) is 16.3. The Balaban J connectivity index is 1.82. The fourth-order valence-electron chi connectivity index (χ4n) is 5.19. The SMILES string of the molecule is O=C1OC[C@@H]2OC(=O)[C@]3(Cc4c5ccccc5c3c3ccccc43)[C@H]12. The Kier molecular flexibility index (Phi) is 2.25. The van der Waals surface area contributed by atoms with Crippen LogP contribution in [0.5, 0.6) is 0 Å². The molecule has 2 bridgehead atoms. The standard InChI is InChI=1S/C21H14O4/c22-19-18-16(10-24-19)25-20(23)21(18)9-15-11-5-1-3-7-13(11)17(21)14-8-4-2-6-12(14)15/h1-8,16,18H,9-10H2/t16-,18-,21-/m0/s1. The van der Waals surface area contributed by atoms with Crippen LogP contribution in [0.3, 0.4) is 0 Å². The summed E-state index contributed by atoms with van der Waals surface area (Å²) in [5.41, 5.74) is 1.11. The Morgan fingerprint density at radius 1 is 0.880 bits per heavy atom. The minimum absolute atomic E-state index is 0.170. The number of rotatable bonds is 0. The van der Waals surface area contributed by atoms with Crippen molar-refractivity contribution in [1.29, 1.82) is 0 Å². The van der Waals surface area contributed by atoms with Crippen LogP contribution in [0.15, 0.2) is 48.5 Å². The highest BCUT2D eigenvalue weighted by Crippen LogP contribution is 2.56. The molecule has 2 aliphatic carbocycles. The molecule has 3 aromatic carbocycles. The predicted octanol–water partition coefficient (Wildman–Crippen LogP) is 2.89. The first-order valence-corrected chi connectivity index (χ1v) is 8.52. The van der Waals surface area contributed by atoms with E-state index >= 15 is 0 Å². The van der Waals surface area contributed by atoms with E-state index in [0.717, 1.165) is 32.7 Å². The normalized spacial score (nSPS) is 29.4. The van der Waals surface area contributed by atoms with Crippen molar-refractivity contribution in [2.75, 3.05) is 6.61 Å². The Labute approximate surface area is 143 Å². The number of hydrogen-bond acceptors (Lipinski definition) is 4. The van der Waals surface area contributed by atoms with Gasteiger partial charge in [0, 0.05) is 0 Å². The van der Waals surface area contributed by atoms with Crippen LogP contribution in [-0.4, -0.2) is 24.6 Å². The number of hydrogen-bond donors (Lipinski definition) is 0. The van der Waals surface area contributed by atoms with Gasteiger partial charge in [0.1, 0.15) is 17.9 Å². The van der Waals surface area contributed by atoms with Gasteiger partial charge in [-0.15, -0.1) is 0 Å². The van der Waals surface area contributed by atoms with E-state index < -0.39 is 17.4 Å². The summed E-state index contributed by atoms with van der Waals surface area (Å²) < 4.78 is 10.9. The summed E-state index contributed by atoms with van der Waals surface area (Å²) in [6.45, 7) is 0.170. The van der Waals surface area contributed by atoms with Gasteiger partial charge >= 0.3 is 11.9 Å². The van der Waals surface area contributed by atoms with Crippen LogP contribution in [0.4, 0.5) is 0 Å². The molecule has 0 N–H and O–H groups in total. The lowest BCUT2D eigenvalue weighted by Crippen LogP contribution is -2.46. The van der Waals surface area contributed by atoms with Gasteiger partial charge in [0.25, 0.3) is 0 Å². The third kappa shape index (κ3) is 1.37. The highest BCUT2D eigenvalue weighted by atomic mass is 16.6. The summed E-state index contributed by atoms with van der Waals surface area (Å²) in [4.78, 5) is 25.6. The summed E-state index contributed by atoms with van der Waals surface area (Å²) in [5.74, 6) is -1.14. The van der Waals surface area contributed by atoms with Crippen molar-refractivity contribution in [3.05, 3.63) is 59.7 Å². The molecule has 0 aromatic heterocycles. The summed E-state index contributed by atoms with van der Waals surface area (Å²) in [5, 5.41) is 4.40. The van der Waals surface area contributed by atoms with Crippen LogP contribution >= 0.6 is 0 Å². The van der Waals surface area contributed by atoms with E-state index in [9.17, 15) is 9.59 Å². The molecule has 25 heavy (non-hydrogen) atoms. The van der Waals surface area contributed by atoms with E-state index in [1.54, 1.807) is 0 Å². The number of cyclic esters (lactones) is 1. The lowest BCUT2D eigenvalue weighted by molar-refractivity contribution is -0.152. The van der Waals surface area contributed by atoms with Gasteiger partial charge in [-0.1, -0.05) is 48.5 Å². The highest BCUT2D eigenvalue weighted by Gasteiger charge is 2.67. The minimum atomic E-state index is -0.948. The van der Waals surface area contributed by atoms with E-state index in [1.165, 1.54) is 0 Å². The summed E-state index contributed by atoms with van der Waals surface area (Å²) in [7, 11) is 0. The van der Waals surface area contributed by atoms with Gasteiger partial charge in [0.05, 0.1) is 0 Å². The zero-order valence-electron chi connectivity index (χ0n) is 13.3. The van der Waals surface area contributed by atoms with Gasteiger partial charge < -0.3 is 9.47 Å². The molecule has 3 aromatic rings. The largest absolute Gasteiger partial charge is 0.461 e. The molecule has 0 unspecified atom stereocenters. The molecule has 0 amide bonds. The zero-order valence-corrected chi connectivity index (χ0v) is 13.3. The van der Waals surface area contributed by atoms with Gasteiger partial charge in [-0.05, 0) is 39.1 Å². The van der Waals surface area contributed by atoms with Crippen LogP contribution in [-0.2, 0) is 30.9 Å². The Morgan fingerprint density at radius 3 is 2.12 bits per heavy atom.